The molecule has 0 atom stereocenters. The van der Waals surface area contributed by atoms with E-state index in [1.807, 2.05) is 12.1 Å². The molecule has 0 aliphatic carbocycles. The number of aryl methyl sites for hydroxylation is 2. The van der Waals surface area contributed by atoms with E-state index in [-0.39, 0.29) is 0 Å². The third-order valence-electron chi connectivity index (χ3n) is 1.81. The van der Waals surface area contributed by atoms with Gasteiger partial charge in [0, 0.05) is 0 Å². The van der Waals surface area contributed by atoms with Crippen LogP contribution in [0.2, 0.25) is 0 Å². The Balaban J connectivity index is 2.56. The minimum Gasteiger partial charge on any atom is -0.494 e. The van der Waals surface area contributed by atoms with E-state index in [1.165, 1.54) is 11.1 Å². The van der Waals surface area contributed by atoms with Gasteiger partial charge < -0.3 is 10.5 Å². The van der Waals surface area contributed by atoms with Gasteiger partial charge in [0.05, 0.1) is 6.61 Å². The van der Waals surface area contributed by atoms with E-state index in [0.717, 1.165) is 12.2 Å². The number of nitrogens with two attached hydrogens (primary N) is 1. The van der Waals surface area contributed by atoms with Crippen molar-refractivity contribution in [3.8, 4) is 5.75 Å². The second kappa shape index (κ2) is 4.87. The lowest BCUT2D eigenvalue weighted by atomic mass is 10.1. The van der Waals surface area contributed by atoms with Gasteiger partial charge in [-0.15, -0.1) is 0 Å². The molecule has 13 heavy (non-hydrogen) atoms. The van der Waals surface area contributed by atoms with E-state index < -0.39 is 0 Å². The summed E-state index contributed by atoms with van der Waals surface area (Å²) in [5.41, 5.74) is 7.85. The molecule has 1 aromatic rings. The van der Waals surface area contributed by atoms with Crippen LogP contribution in [0, 0.1) is 13.8 Å². The maximum Gasteiger partial charge on any atom is 0.119 e. The molecule has 0 saturated heterocycles. The molecule has 0 amide bonds. The van der Waals surface area contributed by atoms with Gasteiger partial charge in [-0.1, -0.05) is 6.07 Å². The molecule has 2 heteroatoms. The molecule has 2 N–H and O–H groups in total. The minimum atomic E-state index is 0.685. The van der Waals surface area contributed by atoms with Crippen molar-refractivity contribution in [2.45, 2.75) is 20.3 Å². The van der Waals surface area contributed by atoms with Gasteiger partial charge in [-0.25, -0.2) is 0 Å². The predicted molar refractivity (Wildman–Crippen MR) is 55.1 cm³/mol. The standard InChI is InChI=1S/C11H17NO/c1-9-6-10(2)8-11(7-9)13-5-3-4-12/h6-8H,3-5,12H2,1-2H3. The summed E-state index contributed by atoms with van der Waals surface area (Å²) in [7, 11) is 0. The molecule has 1 rings (SSSR count). The van der Waals surface area contributed by atoms with Crippen LogP contribution in [0.1, 0.15) is 17.5 Å². The van der Waals surface area contributed by atoms with Crippen molar-refractivity contribution in [2.24, 2.45) is 5.73 Å². The average molecular weight is 179 g/mol. The summed E-state index contributed by atoms with van der Waals surface area (Å²) >= 11 is 0. The fourth-order valence-electron chi connectivity index (χ4n) is 1.29. The lowest BCUT2D eigenvalue weighted by molar-refractivity contribution is 0.313. The molecule has 0 heterocycles. The highest BCUT2D eigenvalue weighted by Crippen LogP contribution is 2.15. The molecule has 0 aliphatic heterocycles. The van der Waals surface area contributed by atoms with Crippen molar-refractivity contribution in [1.82, 2.24) is 0 Å². The van der Waals surface area contributed by atoms with Gasteiger partial charge in [-0.3, -0.25) is 0 Å². The summed E-state index contributed by atoms with van der Waals surface area (Å²) in [5.74, 6) is 0.950. The summed E-state index contributed by atoms with van der Waals surface area (Å²) in [4.78, 5) is 0. The normalized spacial score (nSPS) is 10.1. The largest absolute Gasteiger partial charge is 0.494 e. The zero-order valence-electron chi connectivity index (χ0n) is 8.34. The minimum absolute atomic E-state index is 0.685. The predicted octanol–water partition coefficient (Wildman–Crippen LogP) is 2.03. The van der Waals surface area contributed by atoms with Crippen molar-refractivity contribution < 1.29 is 4.74 Å². The Bertz CT molecular complexity index is 251. The number of rotatable bonds is 4. The van der Waals surface area contributed by atoms with Crippen LogP contribution in [0.4, 0.5) is 0 Å². The van der Waals surface area contributed by atoms with Gasteiger partial charge in [-0.2, -0.15) is 0 Å². The maximum atomic E-state index is 5.53. The van der Waals surface area contributed by atoms with Gasteiger partial charge >= 0.3 is 0 Å². The van der Waals surface area contributed by atoms with Crippen LogP contribution in [-0.2, 0) is 0 Å². The van der Waals surface area contributed by atoms with E-state index in [2.05, 4.69) is 19.9 Å². The fourth-order valence-corrected chi connectivity index (χ4v) is 1.29. The van der Waals surface area contributed by atoms with Crippen LogP contribution >= 0.6 is 0 Å². The first kappa shape index (κ1) is 10.1. The monoisotopic (exact) mass is 179 g/mol. The first-order valence-corrected chi connectivity index (χ1v) is 4.63. The number of ether oxygens (including phenoxy) is 1. The molecule has 0 radical (unpaired) electrons. The van der Waals surface area contributed by atoms with Gasteiger partial charge in [0.15, 0.2) is 0 Å². The molecular weight excluding hydrogens is 162 g/mol. The molecule has 0 unspecified atom stereocenters. The average Bonchev–Trinajstić information content (AvgIpc) is 2.03. The Labute approximate surface area is 79.7 Å². The SMILES string of the molecule is Cc1cc(C)cc(OCCCN)c1. The Kier molecular flexibility index (Phi) is 3.77. The summed E-state index contributed by atoms with van der Waals surface area (Å²) < 4.78 is 5.53. The second-order valence-corrected chi connectivity index (χ2v) is 3.31. The lowest BCUT2D eigenvalue weighted by Gasteiger charge is -2.07. The van der Waals surface area contributed by atoms with E-state index >= 15 is 0 Å². The van der Waals surface area contributed by atoms with E-state index in [1.54, 1.807) is 0 Å². The summed E-state index contributed by atoms with van der Waals surface area (Å²) in [6.45, 7) is 5.54. The Morgan fingerprint density at radius 2 is 1.77 bits per heavy atom. The van der Waals surface area contributed by atoms with Gasteiger partial charge in [0.1, 0.15) is 5.75 Å². The van der Waals surface area contributed by atoms with Crippen molar-refractivity contribution in [2.75, 3.05) is 13.2 Å². The molecule has 0 aromatic heterocycles. The number of benzene rings is 1. The van der Waals surface area contributed by atoms with Crippen molar-refractivity contribution in [1.29, 1.82) is 0 Å². The first-order chi connectivity index (χ1) is 6.22. The zero-order chi connectivity index (χ0) is 9.68. The Hall–Kier alpha value is -1.02. The summed E-state index contributed by atoms with van der Waals surface area (Å²) in [6.07, 6.45) is 0.910. The number of hydrogen-bond donors (Lipinski definition) is 1. The summed E-state index contributed by atoms with van der Waals surface area (Å²) in [6, 6.07) is 6.23. The van der Waals surface area contributed by atoms with E-state index in [0.29, 0.717) is 13.2 Å². The second-order valence-electron chi connectivity index (χ2n) is 3.31. The highest BCUT2D eigenvalue weighted by Gasteiger charge is 1.95. The molecule has 0 bridgehead atoms. The quantitative estimate of drug-likeness (QED) is 0.718. The molecule has 0 saturated carbocycles. The van der Waals surface area contributed by atoms with Crippen LogP contribution in [-0.4, -0.2) is 13.2 Å². The van der Waals surface area contributed by atoms with E-state index in [4.69, 9.17) is 10.5 Å². The molecule has 72 valence electrons. The first-order valence-electron chi connectivity index (χ1n) is 4.63. The van der Waals surface area contributed by atoms with Crippen LogP contribution in [0.25, 0.3) is 0 Å². The van der Waals surface area contributed by atoms with Crippen LogP contribution in [0.15, 0.2) is 18.2 Å². The summed E-state index contributed by atoms with van der Waals surface area (Å²) in [5, 5.41) is 0. The topological polar surface area (TPSA) is 35.2 Å². The van der Waals surface area contributed by atoms with E-state index in [9.17, 15) is 0 Å². The van der Waals surface area contributed by atoms with Gasteiger partial charge in [0.2, 0.25) is 0 Å². The smallest absolute Gasteiger partial charge is 0.119 e. The molecule has 2 nitrogen and oxygen atoms in total. The van der Waals surface area contributed by atoms with Gasteiger partial charge in [-0.05, 0) is 50.1 Å². The Morgan fingerprint density at radius 1 is 1.15 bits per heavy atom. The fraction of sp³-hybridized carbons (Fsp3) is 0.455. The molecule has 1 aromatic carbocycles. The zero-order valence-corrected chi connectivity index (χ0v) is 8.34. The highest BCUT2D eigenvalue weighted by molar-refractivity contribution is 5.32. The highest BCUT2D eigenvalue weighted by atomic mass is 16.5. The molecule has 0 spiro atoms. The third-order valence-corrected chi connectivity index (χ3v) is 1.81. The lowest BCUT2D eigenvalue weighted by Crippen LogP contribution is -2.06. The Morgan fingerprint density at radius 3 is 2.31 bits per heavy atom. The number of hydrogen-bond acceptors (Lipinski definition) is 2. The van der Waals surface area contributed by atoms with Crippen molar-refractivity contribution in [3.63, 3.8) is 0 Å². The molecular formula is C11H17NO. The van der Waals surface area contributed by atoms with Crippen LogP contribution in [0.3, 0.4) is 0 Å². The molecule has 0 aliphatic rings. The maximum absolute atomic E-state index is 5.53. The molecule has 0 fully saturated rings. The van der Waals surface area contributed by atoms with Crippen LogP contribution < -0.4 is 10.5 Å². The van der Waals surface area contributed by atoms with Crippen molar-refractivity contribution >= 4 is 0 Å². The van der Waals surface area contributed by atoms with Crippen LogP contribution in [0.5, 0.6) is 5.75 Å². The van der Waals surface area contributed by atoms with Gasteiger partial charge in [0.25, 0.3) is 0 Å². The third kappa shape index (κ3) is 3.47. The van der Waals surface area contributed by atoms with Crippen molar-refractivity contribution in [3.05, 3.63) is 29.3 Å².